The molecule has 4 N–H and O–H groups in total. The van der Waals surface area contributed by atoms with Gasteiger partial charge in [-0.05, 0) is 32.3 Å². The number of aliphatic carboxylic acids is 1. The Morgan fingerprint density at radius 1 is 1.00 bits per heavy atom. The number of ketones is 1. The van der Waals surface area contributed by atoms with Crippen LogP contribution in [-0.2, 0) is 23.9 Å². The van der Waals surface area contributed by atoms with Gasteiger partial charge in [0.25, 0.3) is 5.91 Å². The second-order valence-corrected chi connectivity index (χ2v) is 11.5. The number of Topliss-reactive ketones (excluding diaryl/α,β-unsaturated/α-hetero) is 1. The van der Waals surface area contributed by atoms with Gasteiger partial charge in [0.05, 0.1) is 24.4 Å². The molecule has 0 spiro atoms. The molecule has 0 aromatic heterocycles. The molecule has 0 bridgehead atoms. The smallest absolute Gasteiger partial charge is 0.303 e. The van der Waals surface area contributed by atoms with E-state index >= 15 is 0 Å². The maximum Gasteiger partial charge on any atom is 0.303 e. The first-order chi connectivity index (χ1) is 20.7. The van der Waals surface area contributed by atoms with Gasteiger partial charge < -0.3 is 34.8 Å². The van der Waals surface area contributed by atoms with Crippen LogP contribution in [0.15, 0.2) is 83.7 Å². The van der Waals surface area contributed by atoms with Crippen molar-refractivity contribution in [2.75, 3.05) is 7.05 Å². The fourth-order valence-corrected chi connectivity index (χ4v) is 5.15. The average Bonchev–Trinajstić information content (AvgIpc) is 3.16. The number of hydrogen-bond acceptors (Lipinski definition) is 8. The van der Waals surface area contributed by atoms with E-state index in [9.17, 15) is 29.7 Å². The summed E-state index contributed by atoms with van der Waals surface area (Å²) in [6, 6.07) is -0.894. The Morgan fingerprint density at radius 2 is 1.57 bits per heavy atom. The van der Waals surface area contributed by atoms with E-state index in [2.05, 4.69) is 26.8 Å². The Kier molecular flexibility index (Phi) is 14.7. The van der Waals surface area contributed by atoms with Gasteiger partial charge in [-0.1, -0.05) is 87.1 Å². The molecule has 0 aromatic rings. The number of aliphatic hydroxyl groups is 3. The predicted molar refractivity (Wildman–Crippen MR) is 167 cm³/mol. The van der Waals surface area contributed by atoms with Gasteiger partial charge in [-0.15, -0.1) is 0 Å². The summed E-state index contributed by atoms with van der Waals surface area (Å²) in [7, 11) is 1.41. The minimum Gasteiger partial charge on any atom is -0.507 e. The molecular weight excluding hydrogens is 566 g/mol. The van der Waals surface area contributed by atoms with Gasteiger partial charge >= 0.3 is 5.97 Å². The summed E-state index contributed by atoms with van der Waals surface area (Å²) in [5.74, 6) is -2.43. The fourth-order valence-electron chi connectivity index (χ4n) is 5.15. The van der Waals surface area contributed by atoms with Crippen LogP contribution in [0, 0.1) is 11.8 Å². The number of likely N-dealkylation sites (N-methyl/N-ethyl adjacent to an activating group) is 1. The van der Waals surface area contributed by atoms with Crippen LogP contribution in [0.5, 0.6) is 0 Å². The van der Waals surface area contributed by atoms with Gasteiger partial charge in [-0.3, -0.25) is 14.4 Å². The van der Waals surface area contributed by atoms with Gasteiger partial charge in [-0.25, -0.2) is 0 Å². The first-order valence-electron chi connectivity index (χ1n) is 14.9. The molecule has 0 unspecified atom stereocenters. The second-order valence-electron chi connectivity index (χ2n) is 11.5. The zero-order chi connectivity index (χ0) is 33.0. The monoisotopic (exact) mass is 613 g/mol. The maximum absolute atomic E-state index is 12.5. The Bertz CT molecular complexity index is 1210. The maximum atomic E-state index is 12.5. The van der Waals surface area contributed by atoms with Crippen LogP contribution < -0.4 is 0 Å². The molecule has 10 heteroatoms. The van der Waals surface area contributed by atoms with Crippen LogP contribution in [0.4, 0.5) is 0 Å². The third-order valence-corrected chi connectivity index (χ3v) is 7.52. The van der Waals surface area contributed by atoms with Gasteiger partial charge in [-0.2, -0.15) is 0 Å². The summed E-state index contributed by atoms with van der Waals surface area (Å²) in [5.41, 5.74) is 0.726. The zero-order valence-electron chi connectivity index (χ0n) is 26.4. The molecule has 0 aliphatic carbocycles. The standard InChI is InChI=1S/C34H47NO9/c1-21(2)33(44-29-20-27(37)31(40)24(5)43-29)23(4)19-22(3)15-13-11-9-7-8-10-12-14-16-26(36)30-32(41)25(17-18-28(38)39)35(6)34(30)42/h7-16,19,21,23-25,27,29,31,33,36-37,40H,17-18,20H2,1-6H3,(H,38,39)/b8-7-,11-9-,12-10-,15-13+,16-14-,22-19+,30-26?/t23-,24+,25-,27+,29-,31-,33-/m0/s1. The summed E-state index contributed by atoms with van der Waals surface area (Å²) < 4.78 is 12.0. The summed E-state index contributed by atoms with van der Waals surface area (Å²) in [5, 5.41) is 39.1. The number of carbonyl (C=O) groups excluding carboxylic acids is 2. The molecule has 2 aliphatic rings. The normalized spacial score (nSPS) is 28.2. The van der Waals surface area contributed by atoms with E-state index in [1.54, 1.807) is 25.2 Å². The number of rotatable bonds is 14. The highest BCUT2D eigenvalue weighted by atomic mass is 16.7. The predicted octanol–water partition coefficient (Wildman–Crippen LogP) is 4.33. The number of carboxylic acid groups (broad SMARTS) is 1. The Labute approximate surface area is 260 Å². The van der Waals surface area contributed by atoms with E-state index in [0.717, 1.165) is 10.5 Å². The van der Waals surface area contributed by atoms with E-state index in [-0.39, 0.29) is 42.8 Å². The van der Waals surface area contributed by atoms with Crippen LogP contribution in [-0.4, -0.2) is 86.8 Å². The molecule has 2 heterocycles. The minimum absolute atomic E-state index is 0.0119. The highest BCUT2D eigenvalue weighted by Crippen LogP contribution is 2.28. The first kappa shape index (κ1) is 36.6. The number of aliphatic hydroxyl groups excluding tert-OH is 3. The molecule has 2 saturated heterocycles. The lowest BCUT2D eigenvalue weighted by Gasteiger charge is -2.38. The molecule has 2 fully saturated rings. The highest BCUT2D eigenvalue weighted by Gasteiger charge is 2.42. The van der Waals surface area contributed by atoms with Gasteiger partial charge in [0, 0.05) is 25.8 Å². The quantitative estimate of drug-likeness (QED) is 0.0970. The molecule has 10 nitrogen and oxygen atoms in total. The second kappa shape index (κ2) is 17.7. The fraction of sp³-hybridized carbons (Fsp3) is 0.500. The zero-order valence-corrected chi connectivity index (χ0v) is 26.4. The van der Waals surface area contributed by atoms with Crippen molar-refractivity contribution in [2.45, 2.75) is 90.6 Å². The molecule has 0 radical (unpaired) electrons. The number of allylic oxidation sites excluding steroid dienone is 11. The van der Waals surface area contributed by atoms with E-state index in [1.165, 1.54) is 19.2 Å². The van der Waals surface area contributed by atoms with Crippen molar-refractivity contribution in [1.29, 1.82) is 0 Å². The Morgan fingerprint density at radius 3 is 2.11 bits per heavy atom. The number of amides is 1. The van der Waals surface area contributed by atoms with Crippen LogP contribution in [0.3, 0.4) is 0 Å². The van der Waals surface area contributed by atoms with Crippen LogP contribution in [0.25, 0.3) is 0 Å². The third-order valence-electron chi connectivity index (χ3n) is 7.52. The van der Waals surface area contributed by atoms with E-state index in [0.29, 0.717) is 0 Å². The number of ether oxygens (including phenoxy) is 2. The summed E-state index contributed by atoms with van der Waals surface area (Å²) in [6.45, 7) is 9.97. The third kappa shape index (κ3) is 10.9. The molecule has 242 valence electrons. The van der Waals surface area contributed by atoms with Crippen molar-refractivity contribution in [3.8, 4) is 0 Å². The van der Waals surface area contributed by atoms with Crippen molar-refractivity contribution >= 4 is 17.7 Å². The number of carbonyl (C=O) groups is 3. The lowest BCUT2D eigenvalue weighted by molar-refractivity contribution is -0.267. The van der Waals surface area contributed by atoms with Gasteiger partial charge in [0.2, 0.25) is 0 Å². The molecule has 0 saturated carbocycles. The number of carboxylic acids is 1. The van der Waals surface area contributed by atoms with Crippen molar-refractivity contribution in [3.63, 3.8) is 0 Å². The summed E-state index contributed by atoms with van der Waals surface area (Å²) >= 11 is 0. The topological polar surface area (TPSA) is 154 Å². The van der Waals surface area contributed by atoms with E-state index in [1.807, 2.05) is 37.3 Å². The van der Waals surface area contributed by atoms with E-state index < -0.39 is 54.1 Å². The minimum atomic E-state index is -1.06. The lowest BCUT2D eigenvalue weighted by Crippen LogP contribution is -2.49. The van der Waals surface area contributed by atoms with Crippen molar-refractivity contribution in [1.82, 2.24) is 4.90 Å². The van der Waals surface area contributed by atoms with Gasteiger partial charge in [0.15, 0.2) is 12.1 Å². The number of nitrogens with zero attached hydrogens (tertiary/aromatic N) is 1. The van der Waals surface area contributed by atoms with Crippen molar-refractivity contribution in [3.05, 3.63) is 83.7 Å². The summed E-state index contributed by atoms with van der Waals surface area (Å²) in [6.07, 6.45) is 16.4. The van der Waals surface area contributed by atoms with Gasteiger partial charge in [0.1, 0.15) is 17.4 Å². The molecule has 2 rings (SSSR count). The SMILES string of the molecule is CC(/C=C/C=C\C=C/C=C\C=C/C(O)=C1C(=O)[C@H](CCC(=O)O)N(C)C1=O)=C\[C@H](C)[C@@H](O[C@H]1C[C@@H](O)[C@@H](O)[C@@H](C)O1)C(C)C. The first-order valence-corrected chi connectivity index (χ1v) is 14.9. The largest absolute Gasteiger partial charge is 0.507 e. The summed E-state index contributed by atoms with van der Waals surface area (Å²) in [4.78, 5) is 36.9. The molecule has 2 aliphatic heterocycles. The molecule has 44 heavy (non-hydrogen) atoms. The Hall–Kier alpha value is -3.57. The van der Waals surface area contributed by atoms with Crippen LogP contribution in [0.2, 0.25) is 0 Å². The van der Waals surface area contributed by atoms with Crippen molar-refractivity contribution < 1.29 is 44.3 Å². The number of likely N-dealkylation sites (tertiary alicyclic amines) is 1. The number of hydrogen-bond donors (Lipinski definition) is 4. The highest BCUT2D eigenvalue weighted by molar-refractivity contribution is 6.27. The Balaban J connectivity index is 1.87. The van der Waals surface area contributed by atoms with Crippen LogP contribution >= 0.6 is 0 Å². The van der Waals surface area contributed by atoms with E-state index in [4.69, 9.17) is 14.6 Å². The van der Waals surface area contributed by atoms with Crippen molar-refractivity contribution in [2.24, 2.45) is 11.8 Å². The molecule has 0 aromatic carbocycles. The lowest BCUT2D eigenvalue weighted by atomic mass is 9.92. The average molecular weight is 614 g/mol. The van der Waals surface area contributed by atoms with Crippen LogP contribution in [0.1, 0.15) is 53.9 Å². The molecule has 1 amide bonds. The molecule has 7 atom stereocenters. The molecular formula is C34H47NO9.